The van der Waals surface area contributed by atoms with Crippen LogP contribution in [0.3, 0.4) is 0 Å². The van der Waals surface area contributed by atoms with E-state index in [0.29, 0.717) is 17.9 Å². The van der Waals surface area contributed by atoms with Gasteiger partial charge in [0, 0.05) is 31.7 Å². The predicted molar refractivity (Wildman–Crippen MR) is 110 cm³/mol. The Bertz CT molecular complexity index is 903. The normalized spacial score (nSPS) is 22.3. The molecule has 0 aliphatic carbocycles. The number of piperazine rings is 1. The van der Waals surface area contributed by atoms with Crippen LogP contribution in [0.5, 0.6) is 0 Å². The van der Waals surface area contributed by atoms with E-state index in [1.54, 1.807) is 0 Å². The smallest absolute Gasteiger partial charge is 0.291 e. The Labute approximate surface area is 169 Å². The van der Waals surface area contributed by atoms with Crippen LogP contribution < -0.4 is 21.9 Å². The van der Waals surface area contributed by atoms with E-state index >= 15 is 0 Å². The summed E-state index contributed by atoms with van der Waals surface area (Å²) in [6.45, 7) is 6.89. The first-order valence-corrected chi connectivity index (χ1v) is 10.1. The molecule has 158 valence electrons. The Balaban J connectivity index is 1.52. The lowest BCUT2D eigenvalue weighted by atomic mass is 9.98. The summed E-state index contributed by atoms with van der Waals surface area (Å²) in [5.74, 6) is 0.490. The summed E-state index contributed by atoms with van der Waals surface area (Å²) in [6.07, 6.45) is 3.41. The maximum atomic E-state index is 12.7. The Hall–Kier alpha value is -2.66. The van der Waals surface area contributed by atoms with E-state index in [1.807, 2.05) is 4.90 Å². The van der Waals surface area contributed by atoms with Crippen molar-refractivity contribution in [1.82, 2.24) is 29.9 Å². The van der Waals surface area contributed by atoms with Gasteiger partial charge in [0.15, 0.2) is 17.3 Å². The second-order valence-electron chi connectivity index (χ2n) is 7.89. The second kappa shape index (κ2) is 7.99. The number of hydrogen-bond donors (Lipinski definition) is 3. The second-order valence-corrected chi connectivity index (χ2v) is 7.89. The molecule has 29 heavy (non-hydrogen) atoms. The lowest BCUT2D eigenvalue weighted by molar-refractivity contribution is 0.0700. The van der Waals surface area contributed by atoms with Gasteiger partial charge in [-0.15, -0.1) is 0 Å². The summed E-state index contributed by atoms with van der Waals surface area (Å²) in [5, 5.41) is 3.52. The van der Waals surface area contributed by atoms with Gasteiger partial charge in [-0.1, -0.05) is 6.92 Å². The van der Waals surface area contributed by atoms with Gasteiger partial charge in [-0.2, -0.15) is 4.98 Å². The maximum absolute atomic E-state index is 12.7. The van der Waals surface area contributed by atoms with Crippen molar-refractivity contribution in [3.05, 3.63) is 10.4 Å². The van der Waals surface area contributed by atoms with E-state index in [2.05, 4.69) is 43.9 Å². The average molecular weight is 403 g/mol. The van der Waals surface area contributed by atoms with Gasteiger partial charge in [-0.25, -0.2) is 4.98 Å². The molecule has 0 amide bonds. The summed E-state index contributed by atoms with van der Waals surface area (Å²) in [5.41, 5.74) is 11.4. The third kappa shape index (κ3) is 3.92. The van der Waals surface area contributed by atoms with E-state index in [-0.39, 0.29) is 28.9 Å². The first kappa shape index (κ1) is 19.6. The quantitative estimate of drug-likeness (QED) is 0.636. The molecule has 4 rings (SSSR count). The van der Waals surface area contributed by atoms with Crippen LogP contribution in [-0.2, 0) is 0 Å². The number of nitrogen functional groups attached to an aromatic ring is 2. The van der Waals surface area contributed by atoms with Crippen molar-refractivity contribution >= 4 is 17.6 Å². The highest BCUT2D eigenvalue weighted by Crippen LogP contribution is 2.26. The van der Waals surface area contributed by atoms with E-state index in [1.165, 1.54) is 12.8 Å². The van der Waals surface area contributed by atoms with Crippen molar-refractivity contribution in [2.45, 2.75) is 38.3 Å². The first-order valence-electron chi connectivity index (χ1n) is 10.1. The molecule has 2 aliphatic heterocycles. The van der Waals surface area contributed by atoms with Crippen molar-refractivity contribution in [2.24, 2.45) is 0 Å². The number of aromatic nitrogens is 4. The molecule has 0 spiro atoms. The number of nitrogens with two attached hydrogens (primary N) is 2. The zero-order valence-electron chi connectivity index (χ0n) is 17.0. The summed E-state index contributed by atoms with van der Waals surface area (Å²) in [6, 6.07) is 0.995. The highest BCUT2D eigenvalue weighted by molar-refractivity contribution is 5.64. The predicted octanol–water partition coefficient (Wildman–Crippen LogP) is -0.0209. The zero-order valence-corrected chi connectivity index (χ0v) is 17.0. The molecule has 1 atom stereocenters. The van der Waals surface area contributed by atoms with Crippen LogP contribution in [0.25, 0.3) is 11.6 Å². The van der Waals surface area contributed by atoms with E-state index in [4.69, 9.17) is 16.0 Å². The highest BCUT2D eigenvalue weighted by Gasteiger charge is 2.33. The maximum Gasteiger partial charge on any atom is 0.291 e. The van der Waals surface area contributed by atoms with Crippen molar-refractivity contribution in [3.63, 3.8) is 0 Å². The fourth-order valence-electron chi connectivity index (χ4n) is 4.40. The van der Waals surface area contributed by atoms with Gasteiger partial charge in [-0.05, 0) is 44.6 Å². The molecular weight excluding hydrogens is 374 g/mol. The number of aromatic amines is 1. The Kier molecular flexibility index (Phi) is 5.41. The van der Waals surface area contributed by atoms with Crippen LogP contribution >= 0.6 is 0 Å². The van der Waals surface area contributed by atoms with Crippen molar-refractivity contribution in [2.75, 3.05) is 56.1 Å². The average Bonchev–Trinajstić information content (AvgIpc) is 3.15. The molecule has 1 unspecified atom stereocenters. The van der Waals surface area contributed by atoms with E-state index in [0.717, 1.165) is 39.1 Å². The SMILES string of the molecule is CCC1CN(c2nc(N)c(-c3nc(N)no3)[nH]c2=O)CCN1C1CCN(C)CC1. The van der Waals surface area contributed by atoms with Gasteiger partial charge in [-0.3, -0.25) is 9.69 Å². The number of rotatable bonds is 4. The topological polar surface area (TPSA) is 146 Å². The summed E-state index contributed by atoms with van der Waals surface area (Å²) in [7, 11) is 2.18. The van der Waals surface area contributed by atoms with Crippen LogP contribution in [-0.4, -0.2) is 81.8 Å². The summed E-state index contributed by atoms with van der Waals surface area (Å²) < 4.78 is 4.99. The monoisotopic (exact) mass is 403 g/mol. The lowest BCUT2D eigenvalue weighted by Crippen LogP contribution is -2.59. The summed E-state index contributed by atoms with van der Waals surface area (Å²) >= 11 is 0. The van der Waals surface area contributed by atoms with E-state index < -0.39 is 0 Å². The lowest BCUT2D eigenvalue weighted by Gasteiger charge is -2.47. The van der Waals surface area contributed by atoms with E-state index in [9.17, 15) is 4.79 Å². The largest absolute Gasteiger partial charge is 0.382 e. The molecule has 11 heteroatoms. The fraction of sp³-hybridized carbons (Fsp3) is 0.667. The molecule has 0 bridgehead atoms. The molecule has 2 aliphatic rings. The first-order chi connectivity index (χ1) is 14.0. The third-order valence-corrected chi connectivity index (χ3v) is 6.04. The van der Waals surface area contributed by atoms with Gasteiger partial charge >= 0.3 is 0 Å². The minimum Gasteiger partial charge on any atom is -0.382 e. The number of anilines is 3. The molecular formula is C18H29N9O2. The zero-order chi connectivity index (χ0) is 20.5. The number of likely N-dealkylation sites (tertiary alicyclic amines) is 1. The van der Waals surface area contributed by atoms with Crippen LogP contribution in [0.1, 0.15) is 26.2 Å². The minimum absolute atomic E-state index is 0.0276. The third-order valence-electron chi connectivity index (χ3n) is 6.04. The molecule has 2 fully saturated rings. The van der Waals surface area contributed by atoms with Crippen LogP contribution in [0, 0.1) is 0 Å². The van der Waals surface area contributed by atoms with Gasteiger partial charge in [0.05, 0.1) is 0 Å². The Morgan fingerprint density at radius 3 is 2.59 bits per heavy atom. The molecule has 4 heterocycles. The Morgan fingerprint density at radius 1 is 1.17 bits per heavy atom. The molecule has 0 radical (unpaired) electrons. The van der Waals surface area contributed by atoms with Crippen molar-refractivity contribution in [1.29, 1.82) is 0 Å². The number of nitrogens with one attached hydrogen (secondary N) is 1. The molecule has 5 N–H and O–H groups in total. The highest BCUT2D eigenvalue weighted by atomic mass is 16.5. The van der Waals surface area contributed by atoms with Crippen molar-refractivity contribution in [3.8, 4) is 11.6 Å². The van der Waals surface area contributed by atoms with Gasteiger partial charge < -0.3 is 30.8 Å². The standard InChI is InChI=1S/C18H29N9O2/c1-3-11-10-26(8-9-27(11)12-4-6-25(2)7-5-12)15-16(28)21-13(14(19)22-15)17-23-18(20)24-29-17/h11-12H,3-10H2,1-2H3,(H2,19,22)(H2,20,24)(H,21,28). The molecule has 11 nitrogen and oxygen atoms in total. The Morgan fingerprint density at radius 2 is 1.93 bits per heavy atom. The number of nitrogens with zero attached hydrogens (tertiary/aromatic N) is 6. The van der Waals surface area contributed by atoms with Crippen molar-refractivity contribution < 1.29 is 4.52 Å². The van der Waals surface area contributed by atoms with Crippen LogP contribution in [0.2, 0.25) is 0 Å². The van der Waals surface area contributed by atoms with Gasteiger partial charge in [0.1, 0.15) is 0 Å². The number of hydrogen-bond acceptors (Lipinski definition) is 10. The minimum atomic E-state index is -0.325. The molecule has 2 saturated heterocycles. The van der Waals surface area contributed by atoms with Gasteiger partial charge in [0.25, 0.3) is 17.4 Å². The molecule has 2 aromatic heterocycles. The number of H-pyrrole nitrogens is 1. The summed E-state index contributed by atoms with van der Waals surface area (Å²) in [4.78, 5) is 30.8. The molecule has 0 aromatic carbocycles. The number of piperidine rings is 1. The van der Waals surface area contributed by atoms with Gasteiger partial charge in [0.2, 0.25) is 0 Å². The molecule has 0 saturated carbocycles. The van der Waals surface area contributed by atoms with Crippen LogP contribution in [0.4, 0.5) is 17.6 Å². The fourth-order valence-corrected chi connectivity index (χ4v) is 4.40. The van der Waals surface area contributed by atoms with Crippen LogP contribution in [0.15, 0.2) is 9.32 Å². The molecule has 2 aromatic rings.